The van der Waals surface area contributed by atoms with Crippen molar-refractivity contribution in [3.8, 4) is 0 Å². The second-order valence-corrected chi connectivity index (χ2v) is 7.34. The molecule has 9 nitrogen and oxygen atoms in total. The van der Waals surface area contributed by atoms with Crippen molar-refractivity contribution in [1.82, 2.24) is 35.0 Å². The maximum atomic E-state index is 12.8. The molecule has 0 radical (unpaired) electrons. The molecular weight excluding hydrogens is 346 g/mol. The maximum absolute atomic E-state index is 12.8. The van der Waals surface area contributed by atoms with Crippen LogP contribution in [-0.4, -0.2) is 74.9 Å². The zero-order valence-electron chi connectivity index (χ0n) is 15.8. The van der Waals surface area contributed by atoms with Crippen molar-refractivity contribution >= 4 is 5.91 Å². The van der Waals surface area contributed by atoms with Gasteiger partial charge in [-0.1, -0.05) is 5.16 Å². The van der Waals surface area contributed by atoms with Crippen molar-refractivity contribution in [3.05, 3.63) is 29.7 Å². The summed E-state index contributed by atoms with van der Waals surface area (Å²) in [4.78, 5) is 21.2. The molecule has 0 unspecified atom stereocenters. The third-order valence-electron chi connectivity index (χ3n) is 5.41. The highest BCUT2D eigenvalue weighted by Gasteiger charge is 2.24. The molecule has 0 aliphatic carbocycles. The Morgan fingerprint density at radius 3 is 2.89 bits per heavy atom. The number of piperidine rings is 1. The topological polar surface area (TPSA) is 92.3 Å². The summed E-state index contributed by atoms with van der Waals surface area (Å²) in [5, 5.41) is 11.8. The second kappa shape index (κ2) is 8.18. The fraction of sp³-hybridized carbons (Fsp3) is 0.667. The smallest absolute Gasteiger partial charge is 0.244 e. The molecule has 0 bridgehead atoms. The van der Waals surface area contributed by atoms with E-state index in [0.29, 0.717) is 30.7 Å². The Kier molecular flexibility index (Phi) is 5.49. The Morgan fingerprint density at radius 2 is 2.19 bits per heavy atom. The molecule has 1 N–H and O–H groups in total. The number of aryl methyl sites for hydroxylation is 1. The summed E-state index contributed by atoms with van der Waals surface area (Å²) in [5.41, 5.74) is 1.17. The minimum atomic E-state index is 0.138. The molecule has 1 amide bonds. The number of piperazine rings is 1. The van der Waals surface area contributed by atoms with E-state index in [0.717, 1.165) is 45.7 Å². The van der Waals surface area contributed by atoms with E-state index in [9.17, 15) is 4.79 Å². The number of amides is 1. The average Bonchev–Trinajstić information content (AvgIpc) is 3.32. The number of hydrogen-bond donors (Lipinski definition) is 1. The van der Waals surface area contributed by atoms with Gasteiger partial charge in [-0.15, -0.1) is 0 Å². The molecule has 2 fully saturated rings. The van der Waals surface area contributed by atoms with Crippen LogP contribution in [0.3, 0.4) is 0 Å². The number of nitrogens with zero attached hydrogens (tertiary/aromatic N) is 6. The van der Waals surface area contributed by atoms with Gasteiger partial charge in [0.15, 0.2) is 5.82 Å². The molecule has 4 rings (SSSR count). The van der Waals surface area contributed by atoms with E-state index in [1.807, 2.05) is 15.8 Å². The van der Waals surface area contributed by atoms with Gasteiger partial charge in [0.25, 0.3) is 0 Å². The Balaban J connectivity index is 1.29. The van der Waals surface area contributed by atoms with Crippen LogP contribution >= 0.6 is 0 Å². The largest absolute Gasteiger partial charge is 0.340 e. The zero-order chi connectivity index (χ0) is 18.6. The number of aromatic nitrogens is 4. The van der Waals surface area contributed by atoms with Crippen molar-refractivity contribution in [1.29, 1.82) is 0 Å². The van der Waals surface area contributed by atoms with Crippen molar-refractivity contribution in [2.75, 3.05) is 39.3 Å². The van der Waals surface area contributed by atoms with Gasteiger partial charge in [0.2, 0.25) is 11.8 Å². The molecule has 2 aliphatic rings. The third kappa shape index (κ3) is 4.36. The number of nitrogens with one attached hydrogen (secondary N) is 1. The van der Waals surface area contributed by atoms with Gasteiger partial charge < -0.3 is 14.7 Å². The molecule has 2 saturated heterocycles. The molecule has 0 spiro atoms. The summed E-state index contributed by atoms with van der Waals surface area (Å²) in [6.45, 7) is 7.90. The van der Waals surface area contributed by atoms with Crippen LogP contribution in [-0.2, 0) is 17.9 Å². The monoisotopic (exact) mass is 373 g/mol. The van der Waals surface area contributed by atoms with Crippen LogP contribution in [0.25, 0.3) is 0 Å². The summed E-state index contributed by atoms with van der Waals surface area (Å²) in [6, 6.07) is 2.05. The van der Waals surface area contributed by atoms with Crippen LogP contribution in [0.1, 0.15) is 36.2 Å². The predicted molar refractivity (Wildman–Crippen MR) is 98.0 cm³/mol. The highest BCUT2D eigenvalue weighted by Crippen LogP contribution is 2.23. The minimum Gasteiger partial charge on any atom is -0.340 e. The Hall–Kier alpha value is -2.26. The molecule has 4 heterocycles. The molecule has 2 aromatic rings. The lowest BCUT2D eigenvalue weighted by Gasteiger charge is -2.34. The van der Waals surface area contributed by atoms with E-state index < -0.39 is 0 Å². The van der Waals surface area contributed by atoms with Gasteiger partial charge >= 0.3 is 0 Å². The minimum absolute atomic E-state index is 0.138. The highest BCUT2D eigenvalue weighted by molar-refractivity contribution is 5.76. The van der Waals surface area contributed by atoms with Crippen LogP contribution in [0, 0.1) is 6.92 Å². The Labute approximate surface area is 158 Å². The molecule has 2 aliphatic heterocycles. The van der Waals surface area contributed by atoms with Crippen molar-refractivity contribution in [2.24, 2.45) is 0 Å². The molecular formula is C18H27N7O2. The summed E-state index contributed by atoms with van der Waals surface area (Å²) in [6.07, 6.45) is 4.13. The molecule has 0 saturated carbocycles. The third-order valence-corrected chi connectivity index (χ3v) is 5.41. The van der Waals surface area contributed by atoms with Gasteiger partial charge in [-0.3, -0.25) is 14.4 Å². The SMILES string of the molecule is Cc1nc(CN2CCN(C(=O)Cn3nccc3[C@@H]3CCCNC3)CC2)no1. The summed E-state index contributed by atoms with van der Waals surface area (Å²) >= 11 is 0. The maximum Gasteiger partial charge on any atom is 0.244 e. The van der Waals surface area contributed by atoms with Gasteiger partial charge in [0, 0.05) is 57.5 Å². The van der Waals surface area contributed by atoms with E-state index >= 15 is 0 Å². The first-order valence-corrected chi connectivity index (χ1v) is 9.71. The summed E-state index contributed by atoms with van der Waals surface area (Å²) in [7, 11) is 0. The van der Waals surface area contributed by atoms with E-state index in [2.05, 4.69) is 31.5 Å². The number of carbonyl (C=O) groups excluding carboxylic acids is 1. The van der Waals surface area contributed by atoms with Crippen LogP contribution in [0.5, 0.6) is 0 Å². The highest BCUT2D eigenvalue weighted by atomic mass is 16.5. The van der Waals surface area contributed by atoms with Crippen LogP contribution in [0.4, 0.5) is 0 Å². The van der Waals surface area contributed by atoms with Crippen molar-refractivity contribution in [2.45, 2.75) is 38.8 Å². The lowest BCUT2D eigenvalue weighted by atomic mass is 9.96. The van der Waals surface area contributed by atoms with Gasteiger partial charge in [0.05, 0.1) is 6.54 Å². The fourth-order valence-electron chi connectivity index (χ4n) is 3.92. The zero-order valence-corrected chi connectivity index (χ0v) is 15.8. The van der Waals surface area contributed by atoms with Gasteiger partial charge in [-0.2, -0.15) is 10.1 Å². The first kappa shape index (κ1) is 18.1. The lowest BCUT2D eigenvalue weighted by molar-refractivity contribution is -0.133. The molecule has 9 heteroatoms. The standard InChI is InChI=1S/C18H27N7O2/c1-14-21-17(22-27-14)12-23-7-9-24(10-8-23)18(26)13-25-16(4-6-20-25)15-3-2-5-19-11-15/h4,6,15,19H,2-3,5,7-13H2,1H3/t15-/m1/s1. The average molecular weight is 373 g/mol. The molecule has 1 atom stereocenters. The molecule has 0 aromatic carbocycles. The van der Waals surface area contributed by atoms with Crippen molar-refractivity contribution in [3.63, 3.8) is 0 Å². The van der Waals surface area contributed by atoms with E-state index in [-0.39, 0.29) is 5.91 Å². The van der Waals surface area contributed by atoms with E-state index in [4.69, 9.17) is 4.52 Å². The van der Waals surface area contributed by atoms with Crippen molar-refractivity contribution < 1.29 is 9.32 Å². The second-order valence-electron chi connectivity index (χ2n) is 7.34. The van der Waals surface area contributed by atoms with E-state index in [1.54, 1.807) is 6.92 Å². The first-order chi connectivity index (χ1) is 13.2. The number of hydrogen-bond acceptors (Lipinski definition) is 7. The van der Waals surface area contributed by atoms with Crippen LogP contribution < -0.4 is 5.32 Å². The Morgan fingerprint density at radius 1 is 1.33 bits per heavy atom. The molecule has 146 valence electrons. The summed E-state index contributed by atoms with van der Waals surface area (Å²) in [5.74, 6) is 1.87. The van der Waals surface area contributed by atoms with Gasteiger partial charge in [-0.25, -0.2) is 0 Å². The lowest BCUT2D eigenvalue weighted by Crippen LogP contribution is -2.49. The quantitative estimate of drug-likeness (QED) is 0.810. The number of carbonyl (C=O) groups is 1. The number of rotatable bonds is 5. The predicted octanol–water partition coefficient (Wildman–Crippen LogP) is 0.386. The van der Waals surface area contributed by atoms with Crippen LogP contribution in [0.2, 0.25) is 0 Å². The Bertz CT molecular complexity index is 757. The van der Waals surface area contributed by atoms with E-state index in [1.165, 1.54) is 12.1 Å². The van der Waals surface area contributed by atoms with Gasteiger partial charge in [0.1, 0.15) is 6.54 Å². The first-order valence-electron chi connectivity index (χ1n) is 9.71. The molecule has 2 aromatic heterocycles. The normalized spacial score (nSPS) is 21.5. The van der Waals surface area contributed by atoms with Crippen LogP contribution in [0.15, 0.2) is 16.8 Å². The fourth-order valence-corrected chi connectivity index (χ4v) is 3.92. The summed E-state index contributed by atoms with van der Waals surface area (Å²) < 4.78 is 6.90. The molecule has 27 heavy (non-hydrogen) atoms. The van der Waals surface area contributed by atoms with Gasteiger partial charge in [-0.05, 0) is 25.5 Å².